The first-order valence-corrected chi connectivity index (χ1v) is 12.9. The van der Waals surface area contributed by atoms with Gasteiger partial charge in [-0.1, -0.05) is 0 Å². The van der Waals surface area contributed by atoms with Crippen LogP contribution in [0.1, 0.15) is 0 Å². The molecule has 0 aromatic heterocycles. The largest absolute Gasteiger partial charge is 0.600 e. The van der Waals surface area contributed by atoms with Gasteiger partial charge in [0.25, 0.3) is 0 Å². The normalized spacial score (nSPS) is 12.2. The zero-order valence-corrected chi connectivity index (χ0v) is 21.2. The molecule has 0 aliphatic rings. The number of rotatable bonds is 2. The summed E-state index contributed by atoms with van der Waals surface area (Å²) in [5.74, 6) is -44.1. The Labute approximate surface area is 233 Å². The standard InChI is InChI=1S/C16F9.C10F7.Al.FH/c17-3-1-2-4-5-7(11(20)9(2)18)14(23)16(25)15(24)8(5)13(22)12(21)6(4)10(3)19;11-3-1-2-4(7(14)6(3)13)8(15)10(17)9(16)5(2)12;;/h;;;1H/q;;+1;/p-1. The molecule has 6 aromatic rings. The van der Waals surface area contributed by atoms with Crippen LogP contribution in [0, 0.1) is 93.1 Å². The van der Waals surface area contributed by atoms with Crippen LogP contribution in [0.2, 0.25) is 0 Å². The molecule has 6 aromatic carbocycles. The second-order valence-electron chi connectivity index (χ2n) is 9.21. The molecule has 6 rings (SSSR count). The first-order valence-electron chi connectivity index (χ1n) is 11.3. The summed E-state index contributed by atoms with van der Waals surface area (Å²) < 4.78 is 247. The second kappa shape index (κ2) is 9.48. The molecular weight excluding hydrogens is 662 g/mol. The molecule has 0 nitrogen and oxygen atoms in total. The summed E-state index contributed by atoms with van der Waals surface area (Å²) in [5.41, 5.74) is 0. The van der Waals surface area contributed by atoms with Gasteiger partial charge in [-0.2, -0.15) is 0 Å². The van der Waals surface area contributed by atoms with E-state index in [4.69, 9.17) is 0 Å². The lowest BCUT2D eigenvalue weighted by Gasteiger charge is -2.20. The predicted octanol–water partition coefficient (Wildman–Crippen LogP) is 8.04. The van der Waals surface area contributed by atoms with E-state index in [1.807, 2.05) is 0 Å². The summed E-state index contributed by atoms with van der Waals surface area (Å²) >= 11 is -6.16. The molecule has 0 unspecified atom stereocenters. The molecule has 0 atom stereocenters. The van der Waals surface area contributed by atoms with E-state index in [9.17, 15) is 52.7 Å². The van der Waals surface area contributed by atoms with Gasteiger partial charge in [0.1, 0.15) is 0 Å². The summed E-state index contributed by atoms with van der Waals surface area (Å²) in [6.45, 7) is 0. The van der Waals surface area contributed by atoms with E-state index < -0.39 is 160 Å². The first kappa shape index (κ1) is 30.0. The van der Waals surface area contributed by atoms with Crippen LogP contribution in [-0.2, 0) is 0 Å². The monoisotopic (exact) mass is 662 g/mol. The Morgan fingerprint density at radius 2 is 0.386 bits per heavy atom. The fraction of sp³-hybridized carbons (Fsp3) is 0. The van der Waals surface area contributed by atoms with Gasteiger partial charge in [0, 0.05) is 21.5 Å². The smallest absolute Gasteiger partial charge is 0.402 e. The van der Waals surface area contributed by atoms with Gasteiger partial charge in [-0.25, -0.2) is 70.2 Å². The van der Waals surface area contributed by atoms with E-state index in [0.717, 1.165) is 0 Å². The molecular formula is C26AlF17. The molecule has 0 bridgehead atoms. The van der Waals surface area contributed by atoms with Crippen molar-refractivity contribution >= 4 is 66.5 Å². The van der Waals surface area contributed by atoms with Crippen molar-refractivity contribution in [3.05, 3.63) is 93.1 Å². The molecule has 0 aliphatic carbocycles. The van der Waals surface area contributed by atoms with Crippen molar-refractivity contribution in [1.29, 1.82) is 0 Å². The zero-order chi connectivity index (χ0) is 32.6. The van der Waals surface area contributed by atoms with Crippen molar-refractivity contribution in [3.8, 4) is 0 Å². The minimum absolute atomic E-state index is 1.74. The molecule has 0 N–H and O–H groups in total. The van der Waals surface area contributed by atoms with Crippen molar-refractivity contribution in [2.24, 2.45) is 0 Å². The average molecular weight is 662 g/mol. The van der Waals surface area contributed by atoms with Crippen LogP contribution in [0.3, 0.4) is 0 Å². The number of fused-ring (bicyclic) bond motifs is 1. The van der Waals surface area contributed by atoms with Crippen LogP contribution in [0.4, 0.5) is 73.8 Å². The van der Waals surface area contributed by atoms with E-state index in [-0.39, 0.29) is 0 Å². The van der Waals surface area contributed by atoms with Crippen LogP contribution in [0.5, 0.6) is 0 Å². The Kier molecular flexibility index (Phi) is 6.47. The molecule has 0 heterocycles. The third-order valence-corrected chi connectivity index (χ3v) is 9.24. The van der Waals surface area contributed by atoms with E-state index in [2.05, 4.69) is 0 Å². The Balaban J connectivity index is 1.92. The number of hydrogen-bond acceptors (Lipinski definition) is 0. The van der Waals surface area contributed by atoms with E-state index in [0.29, 0.717) is 0 Å². The summed E-state index contributed by atoms with van der Waals surface area (Å²) in [6.07, 6.45) is 0. The molecule has 0 aliphatic heterocycles. The first-order chi connectivity index (χ1) is 20.5. The quantitative estimate of drug-likeness (QED) is 0.0580. The van der Waals surface area contributed by atoms with Crippen molar-refractivity contribution in [2.75, 3.05) is 0 Å². The lowest BCUT2D eigenvalue weighted by atomic mass is 9.91. The third kappa shape index (κ3) is 3.38. The fourth-order valence-electron chi connectivity index (χ4n) is 5.30. The molecule has 0 radical (unpaired) electrons. The Morgan fingerprint density at radius 3 is 0.795 bits per heavy atom. The highest BCUT2D eigenvalue weighted by molar-refractivity contribution is 6.83. The third-order valence-electron chi connectivity index (χ3n) is 7.14. The van der Waals surface area contributed by atoms with Crippen molar-refractivity contribution in [1.82, 2.24) is 0 Å². The van der Waals surface area contributed by atoms with Gasteiger partial charge >= 0.3 is 14.6 Å². The van der Waals surface area contributed by atoms with Gasteiger partial charge in [0.15, 0.2) is 93.1 Å². The molecule has 18 heteroatoms. The molecule has 0 fully saturated rings. The van der Waals surface area contributed by atoms with Crippen molar-refractivity contribution in [3.63, 3.8) is 0 Å². The predicted molar refractivity (Wildman–Crippen MR) is 120 cm³/mol. The SMILES string of the molecule is Fc1c(F)c(F)c2[c]([Al]([F])[c]3c(F)c(F)c4c(F)c(F)c5c(F)c(F)c(F)c6c(F)c(F)c3c4c56)c(F)c(F)c(F)c2c1F. The van der Waals surface area contributed by atoms with Gasteiger partial charge in [-0.15, -0.1) is 0 Å². The zero-order valence-electron chi connectivity index (χ0n) is 20.0. The maximum absolute atomic E-state index is 16.3. The van der Waals surface area contributed by atoms with Crippen LogP contribution in [0.25, 0.3) is 43.1 Å². The average Bonchev–Trinajstić information content (AvgIpc) is 2.98. The van der Waals surface area contributed by atoms with Gasteiger partial charge < -0.3 is 3.52 Å². The lowest BCUT2D eigenvalue weighted by molar-refractivity contribution is 0.411. The van der Waals surface area contributed by atoms with Gasteiger partial charge in [-0.05, 0) is 8.85 Å². The number of benzene rings is 6. The van der Waals surface area contributed by atoms with Gasteiger partial charge in [0.2, 0.25) is 0 Å². The summed E-state index contributed by atoms with van der Waals surface area (Å²) in [7, 11) is 0. The maximum Gasteiger partial charge on any atom is 0.600 e. The molecule has 226 valence electrons. The molecule has 0 spiro atoms. The Hall–Kier alpha value is -4.04. The fourth-order valence-corrected chi connectivity index (χ4v) is 7.33. The minimum atomic E-state index is -6.16. The molecule has 0 saturated heterocycles. The van der Waals surface area contributed by atoms with Gasteiger partial charge in [0.05, 0.1) is 21.5 Å². The van der Waals surface area contributed by atoms with Crippen LogP contribution < -0.4 is 8.85 Å². The Bertz CT molecular complexity index is 2280. The summed E-state index contributed by atoms with van der Waals surface area (Å²) in [6, 6.07) is 0. The van der Waals surface area contributed by atoms with E-state index in [1.54, 1.807) is 0 Å². The van der Waals surface area contributed by atoms with Crippen LogP contribution in [-0.4, -0.2) is 14.6 Å². The Morgan fingerprint density at radius 1 is 0.205 bits per heavy atom. The highest BCUT2D eigenvalue weighted by Crippen LogP contribution is 2.44. The van der Waals surface area contributed by atoms with E-state index in [1.165, 1.54) is 0 Å². The van der Waals surface area contributed by atoms with Gasteiger partial charge in [-0.3, -0.25) is 0 Å². The lowest BCUT2D eigenvalue weighted by Crippen LogP contribution is -2.45. The number of hydrogen-bond donors (Lipinski definition) is 0. The molecule has 0 amide bonds. The summed E-state index contributed by atoms with van der Waals surface area (Å²) in [4.78, 5) is 0. The van der Waals surface area contributed by atoms with Crippen molar-refractivity contribution < 1.29 is 73.8 Å². The van der Waals surface area contributed by atoms with E-state index >= 15 is 21.1 Å². The number of halogens is 17. The van der Waals surface area contributed by atoms with Crippen LogP contribution >= 0.6 is 0 Å². The van der Waals surface area contributed by atoms with Crippen molar-refractivity contribution in [2.45, 2.75) is 0 Å². The van der Waals surface area contributed by atoms with Crippen LogP contribution in [0.15, 0.2) is 0 Å². The highest BCUT2D eigenvalue weighted by atomic mass is 27.2. The minimum Gasteiger partial charge on any atom is -0.402 e. The second-order valence-corrected chi connectivity index (χ2v) is 11.1. The molecule has 44 heavy (non-hydrogen) atoms. The highest BCUT2D eigenvalue weighted by Gasteiger charge is 2.44. The topological polar surface area (TPSA) is 0 Å². The molecule has 0 saturated carbocycles. The maximum atomic E-state index is 16.3. The summed E-state index contributed by atoms with van der Waals surface area (Å²) in [5, 5.41) is -16.4.